The minimum atomic E-state index is -1.03. The van der Waals surface area contributed by atoms with Crippen LogP contribution in [0.3, 0.4) is 0 Å². The third kappa shape index (κ3) is 5.66. The van der Waals surface area contributed by atoms with Gasteiger partial charge in [-0.25, -0.2) is 15.0 Å². The zero-order valence-electron chi connectivity index (χ0n) is 21.2. The lowest BCUT2D eigenvalue weighted by Gasteiger charge is -2.41. The van der Waals surface area contributed by atoms with Crippen LogP contribution in [0, 0.1) is 0 Å². The van der Waals surface area contributed by atoms with E-state index in [9.17, 15) is 19.6 Å². The summed E-state index contributed by atoms with van der Waals surface area (Å²) in [5.74, 6) is -0.00376. The Balaban J connectivity index is 1.50. The van der Waals surface area contributed by atoms with E-state index in [1.165, 1.54) is 17.4 Å². The highest BCUT2D eigenvalue weighted by atomic mass is 16.5. The average molecular weight is 503 g/mol. The summed E-state index contributed by atoms with van der Waals surface area (Å²) in [6, 6.07) is 2.33. The molecule has 3 fully saturated rings. The van der Waals surface area contributed by atoms with Gasteiger partial charge in [-0.05, 0) is 51.7 Å². The third-order valence-electron chi connectivity index (χ3n) is 7.61. The standard InChI is InChI=1S/C25H38N6O5/c1-25(2)22(31(35)23(33)27-18-10-5-3-6-11-18)30(19-12-7-4-8-13-19)24(34)29(25)17-21(32)28-26-16-20-14-9-15-36-20/h9,14-16,18-19,22,35H,3-8,10-13,17H2,1-2H3,(H,27,33)(H,28,32)/b26-16+. The summed E-state index contributed by atoms with van der Waals surface area (Å²) in [4.78, 5) is 42.5. The van der Waals surface area contributed by atoms with E-state index in [0.29, 0.717) is 10.8 Å². The fourth-order valence-corrected chi connectivity index (χ4v) is 5.68. The van der Waals surface area contributed by atoms with Crippen molar-refractivity contribution in [1.29, 1.82) is 0 Å². The van der Waals surface area contributed by atoms with Crippen LogP contribution >= 0.6 is 0 Å². The number of hydrogen-bond acceptors (Lipinski definition) is 6. The number of nitrogens with one attached hydrogen (secondary N) is 2. The molecule has 11 heteroatoms. The van der Waals surface area contributed by atoms with Gasteiger partial charge in [-0.2, -0.15) is 10.2 Å². The van der Waals surface area contributed by atoms with Gasteiger partial charge >= 0.3 is 12.1 Å². The second-order valence-electron chi connectivity index (χ2n) is 10.5. The lowest BCUT2D eigenvalue weighted by Crippen LogP contribution is -2.61. The largest absolute Gasteiger partial charge is 0.463 e. The van der Waals surface area contributed by atoms with E-state index in [1.54, 1.807) is 30.9 Å². The molecule has 2 saturated carbocycles. The van der Waals surface area contributed by atoms with Crippen molar-refractivity contribution < 1.29 is 24.0 Å². The molecular weight excluding hydrogens is 464 g/mol. The summed E-state index contributed by atoms with van der Waals surface area (Å²) in [7, 11) is 0. The van der Waals surface area contributed by atoms with Crippen molar-refractivity contribution in [3.05, 3.63) is 24.2 Å². The van der Waals surface area contributed by atoms with Crippen LogP contribution in [0.1, 0.15) is 83.8 Å². The number of carbonyl (C=O) groups is 3. The van der Waals surface area contributed by atoms with E-state index >= 15 is 0 Å². The summed E-state index contributed by atoms with van der Waals surface area (Å²) in [6.07, 6.45) is 11.6. The topological polar surface area (TPSA) is 131 Å². The monoisotopic (exact) mass is 502 g/mol. The molecule has 1 aliphatic heterocycles. The Hall–Kier alpha value is -3.08. The molecule has 1 saturated heterocycles. The molecule has 4 rings (SSSR count). The number of urea groups is 2. The molecule has 3 aliphatic rings. The SMILES string of the molecule is CC1(C)C(N(O)C(=O)NC2CCCCC2)N(C2CCCCC2)C(=O)N1CC(=O)N/N=C/c1ccco1. The predicted octanol–water partition coefficient (Wildman–Crippen LogP) is 3.64. The highest BCUT2D eigenvalue weighted by molar-refractivity contribution is 5.88. The molecule has 2 heterocycles. The van der Waals surface area contributed by atoms with E-state index in [4.69, 9.17) is 4.42 Å². The van der Waals surface area contributed by atoms with E-state index in [0.717, 1.165) is 64.2 Å². The Morgan fingerprint density at radius 1 is 1.17 bits per heavy atom. The van der Waals surface area contributed by atoms with Gasteiger partial charge in [-0.15, -0.1) is 0 Å². The zero-order chi connectivity index (χ0) is 25.7. The second kappa shape index (κ2) is 11.3. The molecule has 0 bridgehead atoms. The van der Waals surface area contributed by atoms with Crippen LogP contribution in [-0.2, 0) is 4.79 Å². The molecule has 1 unspecified atom stereocenters. The Bertz CT molecular complexity index is 937. The van der Waals surface area contributed by atoms with Crippen molar-refractivity contribution in [3.8, 4) is 0 Å². The number of hydrogen-bond donors (Lipinski definition) is 3. The first kappa shape index (κ1) is 26.0. The van der Waals surface area contributed by atoms with Crippen molar-refractivity contribution in [2.75, 3.05) is 6.54 Å². The normalized spacial score (nSPS) is 23.3. The Morgan fingerprint density at radius 2 is 1.83 bits per heavy atom. The number of rotatable bonds is 7. The van der Waals surface area contributed by atoms with E-state index < -0.39 is 23.6 Å². The Kier molecular flexibility index (Phi) is 8.17. The zero-order valence-corrected chi connectivity index (χ0v) is 21.2. The lowest BCUT2D eigenvalue weighted by molar-refractivity contribution is -0.143. The first-order chi connectivity index (χ1) is 17.3. The Labute approximate surface area is 211 Å². The summed E-state index contributed by atoms with van der Waals surface area (Å²) in [5, 5.41) is 18.7. The first-order valence-electron chi connectivity index (χ1n) is 13.0. The van der Waals surface area contributed by atoms with Crippen LogP contribution in [0.2, 0.25) is 0 Å². The average Bonchev–Trinajstić information content (AvgIpc) is 3.45. The van der Waals surface area contributed by atoms with Crippen LogP contribution < -0.4 is 10.7 Å². The quantitative estimate of drug-likeness (QED) is 0.298. The van der Waals surface area contributed by atoms with Gasteiger partial charge in [0.05, 0.1) is 18.0 Å². The smallest absolute Gasteiger partial charge is 0.343 e. The van der Waals surface area contributed by atoms with Gasteiger partial charge in [0.15, 0.2) is 6.17 Å². The maximum absolute atomic E-state index is 13.7. The summed E-state index contributed by atoms with van der Waals surface area (Å²) >= 11 is 0. The molecular formula is C25H38N6O5. The lowest BCUT2D eigenvalue weighted by atomic mass is 9.92. The van der Waals surface area contributed by atoms with Gasteiger partial charge in [0.1, 0.15) is 12.3 Å². The molecule has 36 heavy (non-hydrogen) atoms. The van der Waals surface area contributed by atoms with Crippen molar-refractivity contribution in [2.45, 2.75) is 102 Å². The summed E-state index contributed by atoms with van der Waals surface area (Å²) in [5.41, 5.74) is 1.39. The number of furan rings is 1. The summed E-state index contributed by atoms with van der Waals surface area (Å²) in [6.45, 7) is 3.28. The molecule has 0 radical (unpaired) electrons. The molecule has 0 spiro atoms. The molecule has 5 amide bonds. The van der Waals surface area contributed by atoms with Crippen LogP contribution in [0.15, 0.2) is 27.9 Å². The van der Waals surface area contributed by atoms with E-state index in [1.807, 2.05) is 0 Å². The van der Waals surface area contributed by atoms with E-state index in [2.05, 4.69) is 15.8 Å². The molecule has 198 valence electrons. The summed E-state index contributed by atoms with van der Waals surface area (Å²) < 4.78 is 5.15. The number of amides is 5. The molecule has 1 atom stereocenters. The van der Waals surface area contributed by atoms with Crippen molar-refractivity contribution in [1.82, 2.24) is 25.6 Å². The van der Waals surface area contributed by atoms with Gasteiger partial charge in [0.25, 0.3) is 5.91 Å². The molecule has 2 aliphatic carbocycles. The number of carbonyl (C=O) groups excluding carboxylic acids is 3. The maximum atomic E-state index is 13.7. The number of hydrazone groups is 1. The van der Waals surface area contributed by atoms with Gasteiger partial charge < -0.3 is 14.6 Å². The number of nitrogens with zero attached hydrogens (tertiary/aromatic N) is 4. The maximum Gasteiger partial charge on any atom is 0.343 e. The fraction of sp³-hybridized carbons (Fsp3) is 0.680. The van der Waals surface area contributed by atoms with Gasteiger partial charge in [-0.1, -0.05) is 38.5 Å². The molecule has 1 aromatic heterocycles. The molecule has 11 nitrogen and oxygen atoms in total. The van der Waals surface area contributed by atoms with E-state index in [-0.39, 0.29) is 24.7 Å². The molecule has 0 aromatic carbocycles. The minimum absolute atomic E-state index is 0.0122. The highest BCUT2D eigenvalue weighted by Gasteiger charge is 2.57. The highest BCUT2D eigenvalue weighted by Crippen LogP contribution is 2.39. The van der Waals surface area contributed by atoms with Gasteiger partial charge in [0.2, 0.25) is 0 Å². The Morgan fingerprint density at radius 3 is 2.47 bits per heavy atom. The van der Waals surface area contributed by atoms with Crippen molar-refractivity contribution in [3.63, 3.8) is 0 Å². The van der Waals surface area contributed by atoms with Crippen LogP contribution in [-0.4, -0.2) is 74.6 Å². The first-order valence-corrected chi connectivity index (χ1v) is 13.0. The van der Waals surface area contributed by atoms with Gasteiger partial charge in [0, 0.05) is 12.1 Å². The minimum Gasteiger partial charge on any atom is -0.463 e. The van der Waals surface area contributed by atoms with Crippen LogP contribution in [0.4, 0.5) is 9.59 Å². The van der Waals surface area contributed by atoms with Crippen molar-refractivity contribution in [2.24, 2.45) is 5.10 Å². The van der Waals surface area contributed by atoms with Crippen LogP contribution in [0.25, 0.3) is 0 Å². The fourth-order valence-electron chi connectivity index (χ4n) is 5.68. The number of hydroxylamine groups is 2. The van der Waals surface area contributed by atoms with Crippen LogP contribution in [0.5, 0.6) is 0 Å². The molecule has 1 aromatic rings. The molecule has 3 N–H and O–H groups in total. The van der Waals surface area contributed by atoms with Gasteiger partial charge in [-0.3, -0.25) is 14.9 Å². The third-order valence-corrected chi connectivity index (χ3v) is 7.61. The van der Waals surface area contributed by atoms with Crippen molar-refractivity contribution >= 4 is 24.2 Å². The predicted molar refractivity (Wildman–Crippen MR) is 132 cm³/mol. The second-order valence-corrected chi connectivity index (χ2v) is 10.5.